The number of rotatable bonds is 7. The van der Waals surface area contributed by atoms with Crippen molar-refractivity contribution in [2.75, 3.05) is 7.05 Å². The third-order valence-corrected chi connectivity index (χ3v) is 6.70. The van der Waals surface area contributed by atoms with Crippen LogP contribution in [0.3, 0.4) is 0 Å². The number of aromatic carboxylic acids is 1. The van der Waals surface area contributed by atoms with Gasteiger partial charge in [0, 0.05) is 18.0 Å². The second-order valence-corrected chi connectivity index (χ2v) is 9.36. The first-order valence-electron chi connectivity index (χ1n) is 12.5. The van der Waals surface area contributed by atoms with Crippen molar-refractivity contribution in [2.45, 2.75) is 51.5 Å². The van der Waals surface area contributed by atoms with Crippen LogP contribution in [0.5, 0.6) is 0 Å². The van der Waals surface area contributed by atoms with Gasteiger partial charge in [0.15, 0.2) is 5.43 Å². The first-order chi connectivity index (χ1) is 17.4. The van der Waals surface area contributed by atoms with E-state index in [-0.39, 0.29) is 16.9 Å². The van der Waals surface area contributed by atoms with Crippen LogP contribution in [0, 0.1) is 6.92 Å². The highest BCUT2D eigenvalue weighted by molar-refractivity contribution is 5.92. The van der Waals surface area contributed by atoms with E-state index >= 15 is 0 Å². The number of fused-ring (bicyclic) bond motifs is 1. The Labute approximate surface area is 211 Å². The van der Waals surface area contributed by atoms with Gasteiger partial charge in [0.05, 0.1) is 10.9 Å². The Bertz CT molecular complexity index is 1410. The zero-order chi connectivity index (χ0) is 25.7. The lowest BCUT2D eigenvalue weighted by molar-refractivity contribution is 0.0697. The highest BCUT2D eigenvalue weighted by atomic mass is 16.4. The predicted molar refractivity (Wildman–Crippen MR) is 144 cm³/mol. The first kappa shape index (κ1) is 25.4. The molecular formula is C31H33NO4. The van der Waals surface area contributed by atoms with Gasteiger partial charge in [-0.05, 0) is 67.6 Å². The average molecular weight is 484 g/mol. The van der Waals surface area contributed by atoms with Gasteiger partial charge < -0.3 is 14.8 Å². The van der Waals surface area contributed by atoms with Crippen LogP contribution in [0.1, 0.15) is 70.0 Å². The van der Waals surface area contributed by atoms with Crippen molar-refractivity contribution in [2.24, 2.45) is 0 Å². The maximum atomic E-state index is 13.1. The SMILES string of the molecule is CCCc1c(C2CC2c2ccccc2C)oc2ccc(C(=O)O)cc2c1=O.CNCc1ccccc1. The molecule has 5 rings (SSSR count). The molecule has 1 fully saturated rings. The van der Waals surface area contributed by atoms with E-state index in [0.717, 1.165) is 25.1 Å². The smallest absolute Gasteiger partial charge is 0.335 e. The third-order valence-electron chi connectivity index (χ3n) is 6.70. The van der Waals surface area contributed by atoms with E-state index in [2.05, 4.69) is 42.6 Å². The van der Waals surface area contributed by atoms with Crippen molar-refractivity contribution in [3.63, 3.8) is 0 Å². The number of carboxylic acids is 1. The van der Waals surface area contributed by atoms with Crippen molar-refractivity contribution < 1.29 is 14.3 Å². The Morgan fingerprint density at radius 2 is 1.75 bits per heavy atom. The summed E-state index contributed by atoms with van der Waals surface area (Å²) in [6.07, 6.45) is 2.45. The van der Waals surface area contributed by atoms with E-state index in [1.165, 1.54) is 28.8 Å². The minimum atomic E-state index is -1.04. The van der Waals surface area contributed by atoms with E-state index in [9.17, 15) is 14.7 Å². The van der Waals surface area contributed by atoms with Crippen LogP contribution < -0.4 is 10.7 Å². The molecule has 3 aromatic carbocycles. The Morgan fingerprint density at radius 1 is 1.03 bits per heavy atom. The number of hydrogen-bond donors (Lipinski definition) is 2. The third kappa shape index (κ3) is 5.58. The van der Waals surface area contributed by atoms with Gasteiger partial charge in [-0.25, -0.2) is 4.79 Å². The largest absolute Gasteiger partial charge is 0.478 e. The van der Waals surface area contributed by atoms with Gasteiger partial charge in [-0.1, -0.05) is 67.9 Å². The number of benzene rings is 3. The van der Waals surface area contributed by atoms with Crippen LogP contribution in [0.4, 0.5) is 0 Å². The zero-order valence-electron chi connectivity index (χ0n) is 21.1. The fourth-order valence-electron chi connectivity index (χ4n) is 4.80. The number of carbonyl (C=O) groups is 1. The van der Waals surface area contributed by atoms with E-state index < -0.39 is 5.97 Å². The summed E-state index contributed by atoms with van der Waals surface area (Å²) < 4.78 is 6.18. The quantitative estimate of drug-likeness (QED) is 0.317. The molecule has 1 aromatic heterocycles. The fraction of sp³-hybridized carbons (Fsp3) is 0.290. The van der Waals surface area contributed by atoms with Crippen molar-refractivity contribution >= 4 is 16.9 Å². The molecule has 0 spiro atoms. The number of nitrogens with one attached hydrogen (secondary N) is 1. The van der Waals surface area contributed by atoms with Crippen LogP contribution in [0.25, 0.3) is 11.0 Å². The van der Waals surface area contributed by atoms with E-state index in [4.69, 9.17) is 4.42 Å². The summed E-state index contributed by atoms with van der Waals surface area (Å²) in [4.78, 5) is 24.4. The average Bonchev–Trinajstić information content (AvgIpc) is 3.67. The highest BCUT2D eigenvalue weighted by Gasteiger charge is 2.44. The molecule has 1 aliphatic carbocycles. The number of carboxylic acid groups (broad SMARTS) is 1. The molecule has 0 aliphatic heterocycles. The van der Waals surface area contributed by atoms with Gasteiger partial charge in [0.2, 0.25) is 0 Å². The van der Waals surface area contributed by atoms with Gasteiger partial charge in [0.1, 0.15) is 11.3 Å². The molecule has 186 valence electrons. The fourth-order valence-corrected chi connectivity index (χ4v) is 4.80. The van der Waals surface area contributed by atoms with Crippen LogP contribution in [0.2, 0.25) is 0 Å². The van der Waals surface area contributed by atoms with E-state index in [0.29, 0.717) is 28.9 Å². The molecular weight excluding hydrogens is 450 g/mol. The summed E-state index contributed by atoms with van der Waals surface area (Å²) in [6, 6.07) is 23.2. The summed E-state index contributed by atoms with van der Waals surface area (Å²) in [5.74, 6) is 0.328. The molecule has 2 unspecified atom stereocenters. The predicted octanol–water partition coefficient (Wildman–Crippen LogP) is 6.43. The van der Waals surface area contributed by atoms with Crippen molar-refractivity contribution in [3.8, 4) is 0 Å². The standard InChI is InChI=1S/C23H22O4.C8H11N/c1-3-6-16-21(24)19-11-14(23(25)26)9-10-20(19)27-22(16)18-12-17(18)15-8-5-4-7-13(15)2;1-9-7-8-5-3-2-4-6-8/h4-5,7-11,17-18H,3,6,12H2,1-2H3,(H,25,26);2-6,9H,7H2,1H3. The van der Waals surface area contributed by atoms with Gasteiger partial charge in [-0.2, -0.15) is 0 Å². The topological polar surface area (TPSA) is 79.5 Å². The Kier molecular flexibility index (Phi) is 8.01. The summed E-state index contributed by atoms with van der Waals surface area (Å²) in [7, 11) is 1.95. The lowest BCUT2D eigenvalue weighted by atomic mass is 9.98. The van der Waals surface area contributed by atoms with Crippen molar-refractivity contribution in [1.29, 1.82) is 0 Å². The molecule has 0 saturated heterocycles. The van der Waals surface area contributed by atoms with E-state index in [1.807, 2.05) is 38.2 Å². The van der Waals surface area contributed by atoms with E-state index in [1.54, 1.807) is 6.07 Å². The van der Waals surface area contributed by atoms with Crippen LogP contribution in [0.15, 0.2) is 82.0 Å². The zero-order valence-corrected chi connectivity index (χ0v) is 21.1. The summed E-state index contributed by atoms with van der Waals surface area (Å²) in [6.45, 7) is 5.11. The monoisotopic (exact) mass is 483 g/mol. The first-order valence-corrected chi connectivity index (χ1v) is 12.5. The van der Waals surface area contributed by atoms with Gasteiger partial charge >= 0.3 is 5.97 Å². The maximum Gasteiger partial charge on any atom is 0.335 e. The molecule has 5 nitrogen and oxygen atoms in total. The highest BCUT2D eigenvalue weighted by Crippen LogP contribution is 2.56. The minimum absolute atomic E-state index is 0.0911. The molecule has 36 heavy (non-hydrogen) atoms. The second-order valence-electron chi connectivity index (χ2n) is 9.36. The maximum absolute atomic E-state index is 13.1. The molecule has 1 saturated carbocycles. The number of hydrogen-bond acceptors (Lipinski definition) is 4. The Hall–Kier alpha value is -3.70. The second kappa shape index (κ2) is 11.4. The lowest BCUT2D eigenvalue weighted by Crippen LogP contribution is -2.13. The van der Waals surface area contributed by atoms with Crippen molar-refractivity contribution in [1.82, 2.24) is 5.32 Å². The summed E-state index contributed by atoms with van der Waals surface area (Å²) in [5.41, 5.74) is 5.09. The molecule has 2 N–H and O–H groups in total. The van der Waals surface area contributed by atoms with Gasteiger partial charge in [0.25, 0.3) is 0 Å². The normalized spacial score (nSPS) is 16.3. The number of aryl methyl sites for hydroxylation is 1. The molecule has 0 radical (unpaired) electrons. The molecule has 2 atom stereocenters. The Morgan fingerprint density at radius 3 is 2.42 bits per heavy atom. The van der Waals surface area contributed by atoms with Gasteiger partial charge in [-0.15, -0.1) is 0 Å². The molecule has 5 heteroatoms. The molecule has 1 heterocycles. The summed E-state index contributed by atoms with van der Waals surface area (Å²) >= 11 is 0. The minimum Gasteiger partial charge on any atom is -0.478 e. The molecule has 0 bridgehead atoms. The van der Waals surface area contributed by atoms with Crippen molar-refractivity contribution in [3.05, 3.63) is 117 Å². The van der Waals surface area contributed by atoms with Crippen LogP contribution in [-0.2, 0) is 13.0 Å². The van der Waals surface area contributed by atoms with Crippen LogP contribution in [-0.4, -0.2) is 18.1 Å². The van der Waals surface area contributed by atoms with Crippen LogP contribution >= 0.6 is 0 Å². The molecule has 0 amide bonds. The summed E-state index contributed by atoms with van der Waals surface area (Å²) in [5, 5.41) is 12.7. The molecule has 4 aromatic rings. The van der Waals surface area contributed by atoms with Gasteiger partial charge in [-0.3, -0.25) is 4.79 Å². The lowest BCUT2D eigenvalue weighted by Gasteiger charge is -2.11. The molecule has 1 aliphatic rings. The Balaban J connectivity index is 0.000000286.